The third-order valence-electron chi connectivity index (χ3n) is 3.89. The van der Waals surface area contributed by atoms with Crippen molar-refractivity contribution >= 4 is 21.4 Å². The highest BCUT2D eigenvalue weighted by Crippen LogP contribution is 2.34. The predicted octanol–water partition coefficient (Wildman–Crippen LogP) is 2.80. The second-order valence-electron chi connectivity index (χ2n) is 6.35. The van der Waals surface area contributed by atoms with Gasteiger partial charge in [0.1, 0.15) is 5.52 Å². The van der Waals surface area contributed by atoms with Crippen LogP contribution in [0.1, 0.15) is 24.2 Å². The molecule has 12 heteroatoms. The molecule has 0 aromatic carbocycles. The van der Waals surface area contributed by atoms with Crippen molar-refractivity contribution in [3.63, 3.8) is 0 Å². The van der Waals surface area contributed by atoms with E-state index in [4.69, 9.17) is 0 Å². The lowest BCUT2D eigenvalue weighted by Crippen LogP contribution is -2.28. The minimum absolute atomic E-state index is 0.0416. The molecule has 28 heavy (non-hydrogen) atoms. The number of aromatic nitrogens is 4. The highest BCUT2D eigenvalue weighted by molar-refractivity contribution is 7.88. The van der Waals surface area contributed by atoms with E-state index < -0.39 is 33.1 Å². The van der Waals surface area contributed by atoms with Gasteiger partial charge in [-0.3, -0.25) is 9.48 Å². The van der Waals surface area contributed by atoms with Crippen molar-refractivity contribution in [3.8, 4) is 16.9 Å². The van der Waals surface area contributed by atoms with Crippen LogP contribution in [0, 0.1) is 5.92 Å². The molecule has 8 nitrogen and oxygen atoms in total. The number of carbonyl (C=O) groups is 1. The van der Waals surface area contributed by atoms with Crippen LogP contribution in [-0.2, 0) is 17.2 Å². The fourth-order valence-electron chi connectivity index (χ4n) is 2.53. The molecular formula is C16H15F3N4O4S. The molecule has 0 aliphatic rings. The van der Waals surface area contributed by atoms with Crippen LogP contribution in [0.5, 0.6) is 5.75 Å². The Morgan fingerprint density at radius 1 is 1.14 bits per heavy atom. The summed E-state index contributed by atoms with van der Waals surface area (Å²) >= 11 is 0. The van der Waals surface area contributed by atoms with Crippen molar-refractivity contribution < 1.29 is 30.6 Å². The van der Waals surface area contributed by atoms with E-state index in [-0.39, 0.29) is 11.1 Å². The van der Waals surface area contributed by atoms with E-state index >= 15 is 0 Å². The van der Waals surface area contributed by atoms with Crippen molar-refractivity contribution in [2.45, 2.75) is 19.4 Å². The third kappa shape index (κ3) is 3.46. The Morgan fingerprint density at radius 3 is 2.36 bits per heavy atom. The van der Waals surface area contributed by atoms with Crippen LogP contribution in [0.25, 0.3) is 16.6 Å². The highest BCUT2D eigenvalue weighted by Gasteiger charge is 2.49. The average Bonchev–Trinajstić information content (AvgIpc) is 3.18. The molecule has 0 saturated carbocycles. The van der Waals surface area contributed by atoms with Gasteiger partial charge in [-0.05, 0) is 6.07 Å². The maximum Gasteiger partial charge on any atom is 0.534 e. The molecule has 0 fully saturated rings. The van der Waals surface area contributed by atoms with Crippen LogP contribution in [0.3, 0.4) is 0 Å². The van der Waals surface area contributed by atoms with Gasteiger partial charge in [0.15, 0.2) is 11.5 Å². The summed E-state index contributed by atoms with van der Waals surface area (Å²) in [7, 11) is -4.31. The van der Waals surface area contributed by atoms with Crippen LogP contribution in [0.2, 0.25) is 0 Å². The molecule has 0 saturated heterocycles. The molecule has 0 radical (unpaired) electrons. The van der Waals surface area contributed by atoms with Crippen LogP contribution in [0.4, 0.5) is 13.2 Å². The van der Waals surface area contributed by atoms with Crippen molar-refractivity contribution in [1.29, 1.82) is 0 Å². The van der Waals surface area contributed by atoms with E-state index in [1.165, 1.54) is 17.1 Å². The summed E-state index contributed by atoms with van der Waals surface area (Å²) in [6.45, 7) is 3.20. The molecule has 0 amide bonds. The van der Waals surface area contributed by atoms with Gasteiger partial charge in [0.2, 0.25) is 0 Å². The number of aryl methyl sites for hydroxylation is 1. The number of rotatable bonds is 5. The maximum atomic E-state index is 12.8. The summed E-state index contributed by atoms with van der Waals surface area (Å²) in [5, 5.41) is 7.95. The summed E-state index contributed by atoms with van der Waals surface area (Å²) in [4.78, 5) is 12.4. The summed E-state index contributed by atoms with van der Waals surface area (Å²) in [6.07, 6.45) is 5.62. The summed E-state index contributed by atoms with van der Waals surface area (Å²) in [5.41, 5.74) is -5.04. The van der Waals surface area contributed by atoms with Gasteiger partial charge in [0, 0.05) is 36.5 Å². The SMILES string of the molecule is CC(C)C(=O)c1cnn2cc(-c3cnn(C)c3)cc(OS(=O)(=O)C(F)(F)F)c12. The van der Waals surface area contributed by atoms with Crippen molar-refractivity contribution in [1.82, 2.24) is 19.4 Å². The van der Waals surface area contributed by atoms with E-state index in [1.807, 2.05) is 0 Å². The molecule has 0 bridgehead atoms. The van der Waals surface area contributed by atoms with Gasteiger partial charge in [0.25, 0.3) is 0 Å². The number of ketones is 1. The zero-order valence-electron chi connectivity index (χ0n) is 14.9. The minimum Gasteiger partial charge on any atom is -0.374 e. The Balaban J connectivity index is 2.27. The van der Waals surface area contributed by atoms with Gasteiger partial charge in [0.05, 0.1) is 18.0 Å². The Kier molecular flexibility index (Phi) is 4.69. The second kappa shape index (κ2) is 6.62. The smallest absolute Gasteiger partial charge is 0.374 e. The molecule has 0 unspecified atom stereocenters. The van der Waals surface area contributed by atoms with Crippen LogP contribution in [0.15, 0.2) is 30.9 Å². The van der Waals surface area contributed by atoms with Gasteiger partial charge in [-0.15, -0.1) is 0 Å². The lowest BCUT2D eigenvalue weighted by Gasteiger charge is -2.13. The molecule has 3 aromatic heterocycles. The highest BCUT2D eigenvalue weighted by atomic mass is 32.2. The standard InChI is InChI=1S/C16H15F3N4O4S/c1-9(2)15(24)12-6-21-23-8-10(11-5-20-22(3)7-11)4-13(14(12)23)27-28(25,26)16(17,18)19/h4-9H,1-3H3. The number of fused-ring (bicyclic) bond motifs is 1. The first-order valence-electron chi connectivity index (χ1n) is 7.96. The second-order valence-corrected chi connectivity index (χ2v) is 7.89. The first-order valence-corrected chi connectivity index (χ1v) is 9.37. The van der Waals surface area contributed by atoms with Gasteiger partial charge in [-0.1, -0.05) is 13.8 Å². The van der Waals surface area contributed by atoms with Gasteiger partial charge >= 0.3 is 15.6 Å². The van der Waals surface area contributed by atoms with Crippen molar-refractivity contribution in [2.75, 3.05) is 0 Å². The Bertz CT molecular complexity index is 1160. The van der Waals surface area contributed by atoms with E-state index in [1.54, 1.807) is 27.1 Å². The molecule has 3 aromatic rings. The van der Waals surface area contributed by atoms with Gasteiger partial charge in [-0.25, -0.2) is 4.52 Å². The number of nitrogens with zero attached hydrogens (tertiary/aromatic N) is 4. The number of pyridine rings is 1. The van der Waals surface area contributed by atoms with E-state index in [0.717, 1.165) is 16.8 Å². The van der Waals surface area contributed by atoms with E-state index in [0.29, 0.717) is 11.1 Å². The fraction of sp³-hybridized carbons (Fsp3) is 0.312. The number of alkyl halides is 3. The van der Waals surface area contributed by atoms with Crippen LogP contribution < -0.4 is 4.18 Å². The zero-order chi connectivity index (χ0) is 20.9. The Hall–Kier alpha value is -2.89. The predicted molar refractivity (Wildman–Crippen MR) is 92.2 cm³/mol. The first kappa shape index (κ1) is 19.9. The number of Topliss-reactive ketones (excluding diaryl/α,β-unsaturated/α-hetero) is 1. The number of halogens is 3. The number of hydrogen-bond acceptors (Lipinski definition) is 6. The molecule has 0 aliphatic heterocycles. The lowest BCUT2D eigenvalue weighted by molar-refractivity contribution is -0.0499. The summed E-state index contributed by atoms with van der Waals surface area (Å²) in [6, 6.07) is 1.11. The molecule has 0 N–H and O–H groups in total. The monoisotopic (exact) mass is 416 g/mol. The lowest BCUT2D eigenvalue weighted by atomic mass is 10.0. The fourth-order valence-corrected chi connectivity index (χ4v) is 2.99. The maximum absolute atomic E-state index is 12.8. The zero-order valence-corrected chi connectivity index (χ0v) is 15.7. The quantitative estimate of drug-likeness (QED) is 0.361. The van der Waals surface area contributed by atoms with Crippen molar-refractivity contribution in [3.05, 3.63) is 36.4 Å². The average molecular weight is 416 g/mol. The molecule has 3 rings (SSSR count). The largest absolute Gasteiger partial charge is 0.534 e. The minimum atomic E-state index is -5.95. The van der Waals surface area contributed by atoms with Gasteiger partial charge < -0.3 is 4.18 Å². The third-order valence-corrected chi connectivity index (χ3v) is 4.85. The first-order chi connectivity index (χ1) is 12.9. The molecule has 0 atom stereocenters. The van der Waals surface area contributed by atoms with Crippen molar-refractivity contribution in [2.24, 2.45) is 13.0 Å². The van der Waals surface area contributed by atoms with Gasteiger partial charge in [-0.2, -0.15) is 31.8 Å². The molecule has 150 valence electrons. The molecule has 0 aliphatic carbocycles. The topological polar surface area (TPSA) is 95.6 Å². The molecule has 0 spiro atoms. The van der Waals surface area contributed by atoms with Crippen LogP contribution >= 0.6 is 0 Å². The molecule has 3 heterocycles. The Morgan fingerprint density at radius 2 is 1.82 bits per heavy atom. The Labute approximate surface area is 157 Å². The number of carbonyl (C=O) groups excluding carboxylic acids is 1. The van der Waals surface area contributed by atoms with Crippen LogP contribution in [-0.4, -0.2) is 39.1 Å². The van der Waals surface area contributed by atoms with E-state index in [9.17, 15) is 26.4 Å². The summed E-state index contributed by atoms with van der Waals surface area (Å²) in [5.74, 6) is -1.56. The molecular weight excluding hydrogens is 401 g/mol. The normalized spacial score (nSPS) is 12.7. The van der Waals surface area contributed by atoms with E-state index in [2.05, 4.69) is 14.4 Å². The number of hydrogen-bond donors (Lipinski definition) is 0. The summed E-state index contributed by atoms with van der Waals surface area (Å²) < 4.78 is 68.6.